The molecule has 13 heteroatoms. The van der Waals surface area contributed by atoms with Crippen molar-refractivity contribution in [1.82, 2.24) is 15.2 Å². The SMILES string of the molecule is CC(C)(C)OC(=O)n1c(C[C@H](NC(=O)C(N)[C@@H]2OC(CN)[C@@H](O)C(O)C2O)C(=O)NCc2ccccc2)cc2ccccc21. The Kier molecular flexibility index (Phi) is 10.4. The van der Waals surface area contributed by atoms with E-state index in [1.807, 2.05) is 42.5 Å². The first-order valence-corrected chi connectivity index (χ1v) is 14.4. The summed E-state index contributed by atoms with van der Waals surface area (Å²) in [6.07, 6.45) is -8.13. The van der Waals surface area contributed by atoms with Crippen molar-refractivity contribution in [3.8, 4) is 0 Å². The maximum atomic E-state index is 13.6. The Labute approximate surface area is 255 Å². The number of aliphatic hydroxyl groups is 3. The lowest BCUT2D eigenvalue weighted by atomic mass is 9.91. The maximum Gasteiger partial charge on any atom is 0.419 e. The third-order valence-corrected chi connectivity index (χ3v) is 7.36. The molecular formula is C31H41N5O8. The molecule has 2 amide bonds. The minimum atomic E-state index is -1.70. The molecule has 0 aliphatic carbocycles. The Balaban J connectivity index is 1.63. The molecule has 238 valence electrons. The smallest absolute Gasteiger partial charge is 0.419 e. The van der Waals surface area contributed by atoms with E-state index in [9.17, 15) is 29.7 Å². The fraction of sp³-hybridized carbons (Fsp3) is 0.452. The van der Waals surface area contributed by atoms with Crippen molar-refractivity contribution in [2.75, 3.05) is 6.54 Å². The molecule has 7 atom stereocenters. The number of ether oxygens (including phenoxy) is 2. The molecule has 0 radical (unpaired) electrons. The number of rotatable bonds is 9. The van der Waals surface area contributed by atoms with E-state index in [2.05, 4.69) is 10.6 Å². The van der Waals surface area contributed by atoms with Gasteiger partial charge in [-0.15, -0.1) is 0 Å². The Morgan fingerprint density at radius 1 is 0.977 bits per heavy atom. The topological polar surface area (TPSA) is 211 Å². The van der Waals surface area contributed by atoms with E-state index in [-0.39, 0.29) is 19.5 Å². The summed E-state index contributed by atoms with van der Waals surface area (Å²) in [5, 5.41) is 37.1. The number of benzene rings is 2. The van der Waals surface area contributed by atoms with E-state index in [1.165, 1.54) is 4.57 Å². The summed E-state index contributed by atoms with van der Waals surface area (Å²) >= 11 is 0. The fourth-order valence-electron chi connectivity index (χ4n) is 5.10. The molecule has 1 aliphatic rings. The molecule has 13 nitrogen and oxygen atoms in total. The number of carbonyl (C=O) groups excluding carboxylic acids is 3. The van der Waals surface area contributed by atoms with Crippen LogP contribution in [0.25, 0.3) is 10.9 Å². The van der Waals surface area contributed by atoms with Gasteiger partial charge >= 0.3 is 6.09 Å². The quantitative estimate of drug-likeness (QED) is 0.171. The minimum Gasteiger partial charge on any atom is -0.443 e. The Morgan fingerprint density at radius 2 is 1.64 bits per heavy atom. The number of nitrogens with two attached hydrogens (primary N) is 2. The Bertz CT molecular complexity index is 1450. The molecular weight excluding hydrogens is 570 g/mol. The molecule has 1 aliphatic heterocycles. The third kappa shape index (κ3) is 7.62. The number of hydrogen-bond acceptors (Lipinski definition) is 10. The van der Waals surface area contributed by atoms with Crippen LogP contribution in [-0.4, -0.2) is 92.5 Å². The summed E-state index contributed by atoms with van der Waals surface area (Å²) in [6, 6.07) is 15.3. The minimum absolute atomic E-state index is 0.131. The van der Waals surface area contributed by atoms with Crippen molar-refractivity contribution in [1.29, 1.82) is 0 Å². The third-order valence-electron chi connectivity index (χ3n) is 7.36. The van der Waals surface area contributed by atoms with E-state index in [0.717, 1.165) is 10.9 Å². The van der Waals surface area contributed by atoms with Crippen LogP contribution in [0, 0.1) is 0 Å². The second-order valence-electron chi connectivity index (χ2n) is 11.9. The average Bonchev–Trinajstić information content (AvgIpc) is 3.36. The molecule has 4 unspecified atom stereocenters. The lowest BCUT2D eigenvalue weighted by Crippen LogP contribution is -2.66. The summed E-state index contributed by atoms with van der Waals surface area (Å²) in [5.74, 6) is -1.43. The number of carbonyl (C=O) groups is 3. The predicted octanol–water partition coefficient (Wildman–Crippen LogP) is -0.0957. The van der Waals surface area contributed by atoms with Crippen LogP contribution in [0.2, 0.25) is 0 Å². The standard InChI is InChI=1S/C31H41N5O8/c1-31(2,3)44-30(42)36-19(13-18-11-7-8-12-21(18)36)14-20(28(40)34-16-17-9-5-4-6-10-17)35-29(41)23(33)27-26(39)25(38)24(37)22(15-32)43-27/h4-13,20,22-27,37-39H,14-16,32-33H2,1-3H3,(H,34,40)(H,35,41)/t20-,22?,23?,24+,25?,26?,27-/m0/s1. The van der Waals surface area contributed by atoms with Gasteiger partial charge in [-0.25, -0.2) is 9.36 Å². The predicted molar refractivity (Wildman–Crippen MR) is 161 cm³/mol. The van der Waals surface area contributed by atoms with Crippen LogP contribution in [0.3, 0.4) is 0 Å². The number of para-hydroxylation sites is 1. The average molecular weight is 612 g/mol. The maximum absolute atomic E-state index is 13.6. The Morgan fingerprint density at radius 3 is 2.30 bits per heavy atom. The molecule has 0 spiro atoms. The van der Waals surface area contributed by atoms with Gasteiger partial charge < -0.3 is 46.9 Å². The van der Waals surface area contributed by atoms with Crippen molar-refractivity contribution in [2.45, 2.75) is 81.9 Å². The largest absolute Gasteiger partial charge is 0.443 e. The molecule has 2 heterocycles. The van der Waals surface area contributed by atoms with E-state index < -0.39 is 66.1 Å². The van der Waals surface area contributed by atoms with Crippen molar-refractivity contribution in [2.24, 2.45) is 11.5 Å². The monoisotopic (exact) mass is 611 g/mol. The van der Waals surface area contributed by atoms with Crippen molar-refractivity contribution < 1.29 is 39.2 Å². The highest BCUT2D eigenvalue weighted by molar-refractivity contribution is 5.93. The highest BCUT2D eigenvalue weighted by atomic mass is 16.6. The number of aromatic nitrogens is 1. The van der Waals surface area contributed by atoms with Crippen molar-refractivity contribution in [3.05, 3.63) is 71.9 Å². The summed E-state index contributed by atoms with van der Waals surface area (Å²) in [5.41, 5.74) is 12.8. The molecule has 0 saturated carbocycles. The lowest BCUT2D eigenvalue weighted by Gasteiger charge is -2.42. The first kappa shape index (κ1) is 33.1. The number of amides is 2. The zero-order valence-corrected chi connectivity index (χ0v) is 24.9. The van der Waals surface area contributed by atoms with Crippen molar-refractivity contribution in [3.63, 3.8) is 0 Å². The first-order chi connectivity index (χ1) is 20.8. The van der Waals surface area contributed by atoms with Gasteiger partial charge in [-0.1, -0.05) is 48.5 Å². The highest BCUT2D eigenvalue weighted by Gasteiger charge is 2.47. The van der Waals surface area contributed by atoms with Gasteiger partial charge in [0.15, 0.2) is 0 Å². The number of hydrogen-bond donors (Lipinski definition) is 7. The molecule has 44 heavy (non-hydrogen) atoms. The van der Waals surface area contributed by atoms with Crippen LogP contribution in [-0.2, 0) is 32.0 Å². The zero-order valence-electron chi connectivity index (χ0n) is 24.9. The number of fused-ring (bicyclic) bond motifs is 1. The van der Waals surface area contributed by atoms with Crippen LogP contribution < -0.4 is 22.1 Å². The van der Waals surface area contributed by atoms with Gasteiger partial charge in [-0.05, 0) is 38.5 Å². The molecule has 1 aromatic heterocycles. The second kappa shape index (κ2) is 13.8. The van der Waals surface area contributed by atoms with Gasteiger partial charge in [0, 0.05) is 30.6 Å². The van der Waals surface area contributed by atoms with Gasteiger partial charge in [0.1, 0.15) is 42.1 Å². The molecule has 4 rings (SSSR count). The van der Waals surface area contributed by atoms with Gasteiger partial charge in [0.2, 0.25) is 11.8 Å². The van der Waals surface area contributed by atoms with Crippen LogP contribution in [0.5, 0.6) is 0 Å². The summed E-state index contributed by atoms with van der Waals surface area (Å²) in [7, 11) is 0. The van der Waals surface area contributed by atoms with Gasteiger partial charge in [-0.2, -0.15) is 0 Å². The zero-order chi connectivity index (χ0) is 32.2. The van der Waals surface area contributed by atoms with E-state index in [4.69, 9.17) is 20.9 Å². The summed E-state index contributed by atoms with van der Waals surface area (Å²) < 4.78 is 12.6. The molecule has 1 saturated heterocycles. The number of aliphatic hydroxyl groups excluding tert-OH is 3. The van der Waals surface area contributed by atoms with Crippen LogP contribution in [0.15, 0.2) is 60.7 Å². The van der Waals surface area contributed by atoms with Gasteiger partial charge in [-0.3, -0.25) is 9.59 Å². The lowest BCUT2D eigenvalue weighted by molar-refractivity contribution is -0.223. The highest BCUT2D eigenvalue weighted by Crippen LogP contribution is 2.25. The molecule has 9 N–H and O–H groups in total. The number of nitrogens with one attached hydrogen (secondary N) is 2. The van der Waals surface area contributed by atoms with Crippen molar-refractivity contribution >= 4 is 28.8 Å². The molecule has 1 fully saturated rings. The molecule has 3 aromatic rings. The van der Waals surface area contributed by atoms with Crippen LogP contribution in [0.1, 0.15) is 32.0 Å². The van der Waals surface area contributed by atoms with Crippen LogP contribution >= 0.6 is 0 Å². The summed E-state index contributed by atoms with van der Waals surface area (Å²) in [4.78, 5) is 40.4. The first-order valence-electron chi connectivity index (χ1n) is 14.4. The van der Waals surface area contributed by atoms with Gasteiger partial charge in [0.05, 0.1) is 11.6 Å². The summed E-state index contributed by atoms with van der Waals surface area (Å²) in [6.45, 7) is 5.19. The van der Waals surface area contributed by atoms with E-state index in [0.29, 0.717) is 11.2 Å². The molecule has 2 aromatic carbocycles. The normalized spacial score (nSPS) is 23.5. The van der Waals surface area contributed by atoms with E-state index >= 15 is 0 Å². The fourth-order valence-corrected chi connectivity index (χ4v) is 5.10. The number of nitrogens with zero attached hydrogens (tertiary/aromatic N) is 1. The van der Waals surface area contributed by atoms with Crippen LogP contribution in [0.4, 0.5) is 4.79 Å². The van der Waals surface area contributed by atoms with Gasteiger partial charge in [0.25, 0.3) is 0 Å². The molecule has 0 bridgehead atoms. The Hall–Kier alpha value is -3.85. The van der Waals surface area contributed by atoms with E-state index in [1.54, 1.807) is 39.0 Å². The second-order valence-corrected chi connectivity index (χ2v) is 11.9.